The Hall–Kier alpha value is -1.26. The fourth-order valence-corrected chi connectivity index (χ4v) is 1.54. The summed E-state index contributed by atoms with van der Waals surface area (Å²) < 4.78 is 16.0. The fraction of sp³-hybridized carbons (Fsp3) is 0.600. The number of benzene rings is 1. The summed E-state index contributed by atoms with van der Waals surface area (Å²) in [7, 11) is 1.60. The van der Waals surface area contributed by atoms with Crippen LogP contribution in [0, 0.1) is 0 Å². The molecule has 0 saturated carbocycles. The van der Waals surface area contributed by atoms with Crippen LogP contribution in [0.3, 0.4) is 0 Å². The number of hydrogen-bond donors (Lipinski definition) is 1. The molecule has 1 aromatic carbocycles. The van der Waals surface area contributed by atoms with Gasteiger partial charge in [-0.3, -0.25) is 0 Å². The van der Waals surface area contributed by atoms with Gasteiger partial charge in [0.25, 0.3) is 0 Å². The lowest BCUT2D eigenvalue weighted by atomic mass is 10.1. The van der Waals surface area contributed by atoms with Crippen LogP contribution >= 0.6 is 0 Å². The van der Waals surface area contributed by atoms with Crippen molar-refractivity contribution >= 4 is 0 Å². The normalized spacial score (nSPS) is 11.4. The Morgan fingerprint density at radius 3 is 2.42 bits per heavy atom. The minimum absolute atomic E-state index is 0.0942. The van der Waals surface area contributed by atoms with E-state index < -0.39 is 0 Å². The quantitative estimate of drug-likeness (QED) is 0.771. The van der Waals surface area contributed by atoms with Crippen molar-refractivity contribution in [1.29, 1.82) is 0 Å². The molecule has 0 atom stereocenters. The minimum Gasteiger partial charge on any atom is -0.490 e. The first-order valence-corrected chi connectivity index (χ1v) is 6.58. The van der Waals surface area contributed by atoms with E-state index in [0.717, 1.165) is 12.3 Å². The largest absolute Gasteiger partial charge is 0.490 e. The van der Waals surface area contributed by atoms with Gasteiger partial charge in [0.05, 0.1) is 6.61 Å². The molecule has 1 N–H and O–H groups in total. The molecule has 4 nitrogen and oxygen atoms in total. The van der Waals surface area contributed by atoms with Gasteiger partial charge in [0.2, 0.25) is 0 Å². The Balaban J connectivity index is 2.77. The van der Waals surface area contributed by atoms with Crippen molar-refractivity contribution in [2.45, 2.75) is 39.8 Å². The van der Waals surface area contributed by atoms with Gasteiger partial charge in [-0.15, -0.1) is 0 Å². The highest BCUT2D eigenvalue weighted by Gasteiger charge is 2.10. The van der Waals surface area contributed by atoms with Crippen LogP contribution in [0.4, 0.5) is 0 Å². The van der Waals surface area contributed by atoms with E-state index in [-0.39, 0.29) is 12.3 Å². The van der Waals surface area contributed by atoms with Gasteiger partial charge in [0, 0.05) is 19.2 Å². The standard InChI is InChI=1S/C15H25NO3/c1-6-18-14-9-12(10-16-15(2,3)4)7-8-13(14)19-11-17-5/h7-9,16H,6,10-11H2,1-5H3. The second-order valence-corrected chi connectivity index (χ2v) is 5.37. The zero-order chi connectivity index (χ0) is 14.3. The predicted octanol–water partition coefficient (Wildman–Crippen LogP) is 2.96. The zero-order valence-electron chi connectivity index (χ0n) is 12.6. The van der Waals surface area contributed by atoms with E-state index in [2.05, 4.69) is 26.1 Å². The van der Waals surface area contributed by atoms with Gasteiger partial charge in [-0.1, -0.05) is 6.07 Å². The summed E-state index contributed by atoms with van der Waals surface area (Å²) >= 11 is 0. The molecule has 1 rings (SSSR count). The van der Waals surface area contributed by atoms with Crippen molar-refractivity contribution in [3.8, 4) is 11.5 Å². The first-order valence-electron chi connectivity index (χ1n) is 6.58. The maximum Gasteiger partial charge on any atom is 0.188 e. The minimum atomic E-state index is 0.0942. The maximum atomic E-state index is 5.60. The predicted molar refractivity (Wildman–Crippen MR) is 76.7 cm³/mol. The average Bonchev–Trinajstić information content (AvgIpc) is 2.35. The van der Waals surface area contributed by atoms with Crippen molar-refractivity contribution in [1.82, 2.24) is 5.32 Å². The molecule has 0 unspecified atom stereocenters. The van der Waals surface area contributed by atoms with Crippen LogP contribution in [0.2, 0.25) is 0 Å². The summed E-state index contributed by atoms with van der Waals surface area (Å²) in [5.74, 6) is 1.47. The van der Waals surface area contributed by atoms with Gasteiger partial charge in [-0.2, -0.15) is 0 Å². The first kappa shape index (κ1) is 15.8. The fourth-order valence-electron chi connectivity index (χ4n) is 1.54. The molecule has 0 bridgehead atoms. The molecule has 0 aliphatic rings. The third-order valence-corrected chi connectivity index (χ3v) is 2.46. The number of nitrogens with one attached hydrogen (secondary N) is 1. The molecule has 0 heterocycles. The summed E-state index contributed by atoms with van der Waals surface area (Å²) in [5.41, 5.74) is 1.26. The number of rotatable bonds is 7. The summed E-state index contributed by atoms with van der Waals surface area (Å²) in [4.78, 5) is 0. The third kappa shape index (κ3) is 5.94. The second-order valence-electron chi connectivity index (χ2n) is 5.37. The van der Waals surface area contributed by atoms with Crippen LogP contribution in [-0.2, 0) is 11.3 Å². The molecule has 4 heteroatoms. The molecule has 0 radical (unpaired) electrons. The van der Waals surface area contributed by atoms with Crippen LogP contribution in [0.25, 0.3) is 0 Å². The lowest BCUT2D eigenvalue weighted by Crippen LogP contribution is -2.35. The lowest BCUT2D eigenvalue weighted by Gasteiger charge is -2.21. The van der Waals surface area contributed by atoms with Crippen molar-refractivity contribution < 1.29 is 14.2 Å². The molecule has 0 aliphatic heterocycles. The number of methoxy groups -OCH3 is 1. The van der Waals surface area contributed by atoms with Crippen LogP contribution < -0.4 is 14.8 Å². The van der Waals surface area contributed by atoms with Crippen LogP contribution in [0.5, 0.6) is 11.5 Å². The zero-order valence-corrected chi connectivity index (χ0v) is 12.6. The first-order chi connectivity index (χ1) is 8.96. The number of ether oxygens (including phenoxy) is 3. The topological polar surface area (TPSA) is 39.7 Å². The highest BCUT2D eigenvalue weighted by molar-refractivity contribution is 5.43. The van der Waals surface area contributed by atoms with Gasteiger partial charge < -0.3 is 19.5 Å². The molecular formula is C15H25NO3. The molecular weight excluding hydrogens is 242 g/mol. The molecule has 0 aromatic heterocycles. The molecule has 0 amide bonds. The second kappa shape index (κ2) is 7.36. The Bertz CT molecular complexity index is 385. The summed E-state index contributed by atoms with van der Waals surface area (Å²) in [6.07, 6.45) is 0. The van der Waals surface area contributed by atoms with Crippen molar-refractivity contribution in [3.63, 3.8) is 0 Å². The van der Waals surface area contributed by atoms with E-state index in [1.807, 2.05) is 25.1 Å². The Morgan fingerprint density at radius 2 is 1.84 bits per heavy atom. The highest BCUT2D eigenvalue weighted by atomic mass is 16.7. The Morgan fingerprint density at radius 1 is 1.11 bits per heavy atom. The molecule has 0 saturated heterocycles. The van der Waals surface area contributed by atoms with E-state index >= 15 is 0 Å². The van der Waals surface area contributed by atoms with Crippen LogP contribution in [0.1, 0.15) is 33.3 Å². The summed E-state index contributed by atoms with van der Waals surface area (Å²) in [6.45, 7) is 10.0. The van der Waals surface area contributed by atoms with Crippen LogP contribution in [0.15, 0.2) is 18.2 Å². The maximum absolute atomic E-state index is 5.60. The Labute approximate surface area is 116 Å². The monoisotopic (exact) mass is 267 g/mol. The highest BCUT2D eigenvalue weighted by Crippen LogP contribution is 2.28. The van der Waals surface area contributed by atoms with Crippen molar-refractivity contribution in [3.05, 3.63) is 23.8 Å². The van der Waals surface area contributed by atoms with Crippen LogP contribution in [-0.4, -0.2) is 26.0 Å². The third-order valence-electron chi connectivity index (χ3n) is 2.46. The summed E-state index contributed by atoms with van der Waals surface area (Å²) in [6, 6.07) is 5.96. The molecule has 108 valence electrons. The smallest absolute Gasteiger partial charge is 0.188 e. The van der Waals surface area contributed by atoms with E-state index in [1.165, 1.54) is 5.56 Å². The van der Waals surface area contributed by atoms with Gasteiger partial charge in [-0.25, -0.2) is 0 Å². The molecule has 1 aromatic rings. The van der Waals surface area contributed by atoms with Crippen molar-refractivity contribution in [2.24, 2.45) is 0 Å². The average molecular weight is 267 g/mol. The van der Waals surface area contributed by atoms with Crippen molar-refractivity contribution in [2.75, 3.05) is 20.5 Å². The summed E-state index contributed by atoms with van der Waals surface area (Å²) in [5, 5.41) is 3.45. The molecule has 0 spiro atoms. The Kier molecular flexibility index (Phi) is 6.12. The van der Waals surface area contributed by atoms with E-state index in [0.29, 0.717) is 12.4 Å². The van der Waals surface area contributed by atoms with E-state index in [1.54, 1.807) is 7.11 Å². The molecule has 0 aliphatic carbocycles. The van der Waals surface area contributed by atoms with Gasteiger partial charge >= 0.3 is 0 Å². The SMILES string of the molecule is CCOc1cc(CNC(C)(C)C)ccc1OCOC. The lowest BCUT2D eigenvalue weighted by molar-refractivity contribution is 0.0487. The molecule has 19 heavy (non-hydrogen) atoms. The van der Waals surface area contributed by atoms with Gasteiger partial charge in [0.15, 0.2) is 18.3 Å². The van der Waals surface area contributed by atoms with Gasteiger partial charge in [-0.05, 0) is 45.4 Å². The van der Waals surface area contributed by atoms with Gasteiger partial charge in [0.1, 0.15) is 0 Å². The van der Waals surface area contributed by atoms with E-state index in [4.69, 9.17) is 14.2 Å². The van der Waals surface area contributed by atoms with E-state index in [9.17, 15) is 0 Å². The number of hydrogen-bond acceptors (Lipinski definition) is 4. The molecule has 0 fully saturated rings.